The average molecular weight is 249 g/mol. The Morgan fingerprint density at radius 3 is 2.36 bits per heavy atom. The summed E-state index contributed by atoms with van der Waals surface area (Å²) in [5.41, 5.74) is 3.31. The van der Waals surface area contributed by atoms with E-state index in [1.165, 1.54) is 0 Å². The predicted octanol–water partition coefficient (Wildman–Crippen LogP) is 3.04. The second-order valence-electron chi connectivity index (χ2n) is 2.91. The second kappa shape index (κ2) is 4.33. The molecule has 2 aromatic heterocycles. The second-order valence-corrected chi connectivity index (χ2v) is 3.47. The van der Waals surface area contributed by atoms with Gasteiger partial charge in [0.1, 0.15) is 0 Å². The molecule has 0 aliphatic rings. The van der Waals surface area contributed by atoms with Crippen LogP contribution in [0.1, 0.15) is 5.69 Å². The van der Waals surface area contributed by atoms with E-state index in [1.807, 2.05) is 24.4 Å². The zero-order chi connectivity index (χ0) is 9.80. The van der Waals surface area contributed by atoms with Crippen molar-refractivity contribution in [3.05, 3.63) is 48.5 Å². The number of halogens is 1. The molecule has 2 nitrogen and oxygen atoms in total. The Morgan fingerprint density at radius 2 is 1.79 bits per heavy atom. The molecule has 0 N–H and O–H groups in total. The highest BCUT2D eigenvalue weighted by molar-refractivity contribution is 9.08. The third-order valence-corrected chi connectivity index (χ3v) is 2.55. The van der Waals surface area contributed by atoms with E-state index >= 15 is 0 Å². The van der Waals surface area contributed by atoms with Crippen LogP contribution in [0.4, 0.5) is 0 Å². The van der Waals surface area contributed by atoms with E-state index in [4.69, 9.17) is 0 Å². The van der Waals surface area contributed by atoms with Gasteiger partial charge in [-0.15, -0.1) is 0 Å². The lowest BCUT2D eigenvalue weighted by atomic mass is 10.1. The van der Waals surface area contributed by atoms with Gasteiger partial charge in [-0.2, -0.15) is 0 Å². The monoisotopic (exact) mass is 248 g/mol. The van der Waals surface area contributed by atoms with Gasteiger partial charge in [-0.05, 0) is 23.8 Å². The van der Waals surface area contributed by atoms with Crippen molar-refractivity contribution < 1.29 is 0 Å². The Hall–Kier alpha value is -1.22. The minimum Gasteiger partial charge on any atom is -0.265 e. The van der Waals surface area contributed by atoms with Crippen LogP contribution in [0.25, 0.3) is 11.1 Å². The van der Waals surface area contributed by atoms with Crippen LogP contribution in [0.2, 0.25) is 0 Å². The summed E-state index contributed by atoms with van der Waals surface area (Å²) in [6.45, 7) is 0. The molecular formula is C11H9BrN2. The summed E-state index contributed by atoms with van der Waals surface area (Å²) >= 11 is 3.37. The van der Waals surface area contributed by atoms with Crippen molar-refractivity contribution in [3.63, 3.8) is 0 Å². The van der Waals surface area contributed by atoms with Crippen LogP contribution in [0, 0.1) is 0 Å². The van der Waals surface area contributed by atoms with Crippen LogP contribution in [0.3, 0.4) is 0 Å². The Labute approximate surface area is 91.2 Å². The highest BCUT2D eigenvalue weighted by atomic mass is 79.9. The maximum absolute atomic E-state index is 4.31. The Balaban J connectivity index is 2.34. The molecule has 0 unspecified atom stereocenters. The first-order chi connectivity index (χ1) is 6.90. The first-order valence-corrected chi connectivity index (χ1v) is 5.43. The maximum atomic E-state index is 4.31. The summed E-state index contributed by atoms with van der Waals surface area (Å²) in [5, 5.41) is 0.795. The van der Waals surface area contributed by atoms with Gasteiger partial charge in [0.15, 0.2) is 0 Å². The van der Waals surface area contributed by atoms with Crippen LogP contribution in [-0.4, -0.2) is 9.97 Å². The Kier molecular flexibility index (Phi) is 2.89. The van der Waals surface area contributed by atoms with E-state index in [2.05, 4.69) is 32.0 Å². The normalized spacial score (nSPS) is 10.1. The Morgan fingerprint density at radius 1 is 1.00 bits per heavy atom. The van der Waals surface area contributed by atoms with E-state index in [9.17, 15) is 0 Å². The highest BCUT2D eigenvalue weighted by Crippen LogP contribution is 2.17. The summed E-state index contributed by atoms with van der Waals surface area (Å²) in [4.78, 5) is 8.28. The molecule has 0 aliphatic carbocycles. The standard InChI is InChI=1S/C11H9BrN2/c12-7-11-2-1-10(8-14-11)9-3-5-13-6-4-9/h1-6,8H,7H2. The summed E-state index contributed by atoms with van der Waals surface area (Å²) in [5.74, 6) is 0. The molecule has 14 heavy (non-hydrogen) atoms. The van der Waals surface area contributed by atoms with Gasteiger partial charge in [-0.1, -0.05) is 22.0 Å². The SMILES string of the molecule is BrCc1ccc(-c2ccncc2)cn1. The Bertz CT molecular complexity index is 397. The van der Waals surface area contributed by atoms with Crippen molar-refractivity contribution in [1.82, 2.24) is 9.97 Å². The molecule has 2 heterocycles. The molecule has 0 aliphatic heterocycles. The van der Waals surface area contributed by atoms with Crippen molar-refractivity contribution in [3.8, 4) is 11.1 Å². The molecule has 0 spiro atoms. The van der Waals surface area contributed by atoms with E-state index in [0.717, 1.165) is 22.2 Å². The fourth-order valence-electron chi connectivity index (χ4n) is 1.22. The fraction of sp³-hybridized carbons (Fsp3) is 0.0909. The molecule has 2 aromatic rings. The highest BCUT2D eigenvalue weighted by Gasteiger charge is 1.97. The van der Waals surface area contributed by atoms with Crippen LogP contribution < -0.4 is 0 Å². The van der Waals surface area contributed by atoms with Crippen molar-refractivity contribution in [2.45, 2.75) is 5.33 Å². The third-order valence-electron chi connectivity index (χ3n) is 1.98. The van der Waals surface area contributed by atoms with Gasteiger partial charge in [-0.25, -0.2) is 0 Å². The molecule has 0 bridgehead atoms. The van der Waals surface area contributed by atoms with Gasteiger partial charge in [0.2, 0.25) is 0 Å². The van der Waals surface area contributed by atoms with E-state index < -0.39 is 0 Å². The van der Waals surface area contributed by atoms with E-state index in [1.54, 1.807) is 12.4 Å². The summed E-state index contributed by atoms with van der Waals surface area (Å²) < 4.78 is 0. The molecule has 0 fully saturated rings. The van der Waals surface area contributed by atoms with Gasteiger partial charge >= 0.3 is 0 Å². The number of hydrogen-bond acceptors (Lipinski definition) is 2. The number of nitrogens with zero attached hydrogens (tertiary/aromatic N) is 2. The van der Waals surface area contributed by atoms with Crippen LogP contribution in [0.5, 0.6) is 0 Å². The van der Waals surface area contributed by atoms with Crippen LogP contribution >= 0.6 is 15.9 Å². The first kappa shape index (κ1) is 9.34. The van der Waals surface area contributed by atoms with Gasteiger partial charge in [0, 0.05) is 29.5 Å². The molecular weight excluding hydrogens is 240 g/mol. The van der Waals surface area contributed by atoms with Crippen molar-refractivity contribution >= 4 is 15.9 Å². The molecule has 0 saturated carbocycles. The van der Waals surface area contributed by atoms with Gasteiger partial charge < -0.3 is 0 Å². The lowest BCUT2D eigenvalue weighted by molar-refractivity contribution is 1.18. The van der Waals surface area contributed by atoms with Gasteiger partial charge in [0.25, 0.3) is 0 Å². The number of hydrogen-bond donors (Lipinski definition) is 0. The van der Waals surface area contributed by atoms with Crippen LogP contribution in [0.15, 0.2) is 42.9 Å². The topological polar surface area (TPSA) is 25.8 Å². The lowest BCUT2D eigenvalue weighted by Crippen LogP contribution is -1.85. The largest absolute Gasteiger partial charge is 0.265 e. The minimum absolute atomic E-state index is 0.795. The van der Waals surface area contributed by atoms with Gasteiger partial charge in [-0.3, -0.25) is 9.97 Å². The fourth-order valence-corrected chi connectivity index (χ4v) is 1.55. The number of rotatable bonds is 2. The molecule has 0 radical (unpaired) electrons. The summed E-state index contributed by atoms with van der Waals surface area (Å²) in [6, 6.07) is 8.04. The van der Waals surface area contributed by atoms with Crippen molar-refractivity contribution in [2.24, 2.45) is 0 Å². The molecule has 3 heteroatoms. The molecule has 70 valence electrons. The molecule has 0 aromatic carbocycles. The lowest BCUT2D eigenvalue weighted by Gasteiger charge is -2.00. The van der Waals surface area contributed by atoms with E-state index in [-0.39, 0.29) is 0 Å². The summed E-state index contributed by atoms with van der Waals surface area (Å²) in [6.07, 6.45) is 5.45. The smallest absolute Gasteiger partial charge is 0.0509 e. The molecule has 0 saturated heterocycles. The van der Waals surface area contributed by atoms with Crippen molar-refractivity contribution in [2.75, 3.05) is 0 Å². The van der Waals surface area contributed by atoms with Crippen LogP contribution in [-0.2, 0) is 5.33 Å². The van der Waals surface area contributed by atoms with E-state index in [0.29, 0.717) is 0 Å². The number of alkyl halides is 1. The molecule has 0 atom stereocenters. The third kappa shape index (κ3) is 1.99. The first-order valence-electron chi connectivity index (χ1n) is 4.31. The zero-order valence-corrected chi connectivity index (χ0v) is 9.11. The van der Waals surface area contributed by atoms with Crippen molar-refractivity contribution in [1.29, 1.82) is 0 Å². The minimum atomic E-state index is 0.795. The molecule has 2 rings (SSSR count). The quantitative estimate of drug-likeness (QED) is 0.764. The number of aromatic nitrogens is 2. The molecule has 0 amide bonds. The zero-order valence-electron chi connectivity index (χ0n) is 7.52. The predicted molar refractivity (Wildman–Crippen MR) is 60.1 cm³/mol. The number of pyridine rings is 2. The summed E-state index contributed by atoms with van der Waals surface area (Å²) in [7, 11) is 0. The maximum Gasteiger partial charge on any atom is 0.0509 e. The average Bonchev–Trinajstić information content (AvgIpc) is 2.30. The van der Waals surface area contributed by atoms with Gasteiger partial charge in [0.05, 0.1) is 5.69 Å².